The smallest absolute Gasteiger partial charge is 0.126 e. The summed E-state index contributed by atoms with van der Waals surface area (Å²) in [4.78, 5) is 2.49. The second-order valence-corrected chi connectivity index (χ2v) is 6.89. The van der Waals surface area contributed by atoms with Crippen molar-refractivity contribution in [2.45, 2.75) is 39.7 Å². The molecule has 4 heteroatoms. The van der Waals surface area contributed by atoms with Crippen LogP contribution in [0.15, 0.2) is 35.5 Å². The minimum absolute atomic E-state index is 0.503. The molecule has 0 fully saturated rings. The molecule has 0 aliphatic carbocycles. The van der Waals surface area contributed by atoms with Crippen molar-refractivity contribution in [2.75, 3.05) is 18.6 Å². The van der Waals surface area contributed by atoms with Gasteiger partial charge >= 0.3 is 0 Å². The number of aryl methyl sites for hydroxylation is 2. The fraction of sp³-hybridized carbons (Fsp3) is 0.381. The van der Waals surface area contributed by atoms with Crippen LogP contribution < -0.4 is 9.64 Å². The predicted octanol–water partition coefficient (Wildman–Crippen LogP) is 4.64. The summed E-state index contributed by atoms with van der Waals surface area (Å²) in [6.07, 6.45) is 3.73. The predicted molar refractivity (Wildman–Crippen MR) is 103 cm³/mol. The number of benzene rings is 2. The monoisotopic (exact) mass is 338 g/mol. The number of fused-ring (bicyclic) bond motifs is 1. The fourth-order valence-corrected chi connectivity index (χ4v) is 3.68. The Morgan fingerprint density at radius 3 is 2.68 bits per heavy atom. The number of hydrogen-bond donors (Lipinski definition) is 1. The largest absolute Gasteiger partial charge is 0.496 e. The lowest BCUT2D eigenvalue weighted by Crippen LogP contribution is -2.35. The van der Waals surface area contributed by atoms with Gasteiger partial charge in [0.15, 0.2) is 0 Å². The standard InChI is InChI=1S/C21H26N2O2/c1-14(2)23-9-5-6-17-12-18(15(3)10-20(17)23)19-11-16(13-22-24)7-8-21(19)25-4/h7-8,10-14,24H,5-6,9H2,1-4H3. The van der Waals surface area contributed by atoms with E-state index >= 15 is 0 Å². The zero-order valence-corrected chi connectivity index (χ0v) is 15.4. The zero-order valence-electron chi connectivity index (χ0n) is 15.4. The molecule has 0 spiro atoms. The van der Waals surface area contributed by atoms with Crippen LogP contribution in [0, 0.1) is 6.92 Å². The molecule has 0 unspecified atom stereocenters. The molecule has 25 heavy (non-hydrogen) atoms. The van der Waals surface area contributed by atoms with Gasteiger partial charge in [-0.15, -0.1) is 0 Å². The van der Waals surface area contributed by atoms with Gasteiger partial charge in [-0.3, -0.25) is 0 Å². The summed E-state index contributed by atoms with van der Waals surface area (Å²) in [5.74, 6) is 0.828. The van der Waals surface area contributed by atoms with Gasteiger partial charge in [0.2, 0.25) is 0 Å². The summed E-state index contributed by atoms with van der Waals surface area (Å²) in [7, 11) is 1.69. The van der Waals surface area contributed by atoms with E-state index in [1.54, 1.807) is 7.11 Å². The van der Waals surface area contributed by atoms with Gasteiger partial charge in [-0.25, -0.2) is 0 Å². The zero-order chi connectivity index (χ0) is 18.0. The first kappa shape index (κ1) is 17.3. The minimum Gasteiger partial charge on any atom is -0.496 e. The molecule has 0 saturated carbocycles. The molecule has 1 aliphatic heterocycles. The number of anilines is 1. The van der Waals surface area contributed by atoms with Crippen LogP contribution in [-0.2, 0) is 6.42 Å². The van der Waals surface area contributed by atoms with Gasteiger partial charge in [0.05, 0.1) is 13.3 Å². The van der Waals surface area contributed by atoms with Crippen LogP contribution in [0.4, 0.5) is 5.69 Å². The Balaban J connectivity index is 2.14. The van der Waals surface area contributed by atoms with Crippen molar-refractivity contribution in [2.24, 2.45) is 5.16 Å². The van der Waals surface area contributed by atoms with E-state index in [-0.39, 0.29) is 0 Å². The maximum atomic E-state index is 8.83. The number of nitrogens with zero attached hydrogens (tertiary/aromatic N) is 2. The third kappa shape index (κ3) is 3.34. The normalized spacial score (nSPS) is 14.2. The highest BCUT2D eigenvalue weighted by Gasteiger charge is 2.21. The Kier molecular flexibility index (Phi) is 4.98. The Labute approximate surface area is 149 Å². The number of methoxy groups -OCH3 is 1. The van der Waals surface area contributed by atoms with Crippen molar-refractivity contribution in [3.63, 3.8) is 0 Å². The summed E-state index contributed by atoms with van der Waals surface area (Å²) in [6, 6.07) is 10.9. The van der Waals surface area contributed by atoms with Crippen LogP contribution in [0.1, 0.15) is 37.0 Å². The SMILES string of the molecule is COc1ccc(C=NO)cc1-c1cc2c(cc1C)N(C(C)C)CCC2. The number of hydrogen-bond acceptors (Lipinski definition) is 4. The van der Waals surface area contributed by atoms with Crippen LogP contribution in [0.3, 0.4) is 0 Å². The van der Waals surface area contributed by atoms with Crippen molar-refractivity contribution in [1.29, 1.82) is 0 Å². The van der Waals surface area contributed by atoms with Crippen LogP contribution in [-0.4, -0.2) is 31.1 Å². The van der Waals surface area contributed by atoms with Crippen LogP contribution in [0.25, 0.3) is 11.1 Å². The van der Waals surface area contributed by atoms with Gasteiger partial charge < -0.3 is 14.8 Å². The van der Waals surface area contributed by atoms with Gasteiger partial charge in [0, 0.05) is 23.8 Å². The Bertz CT molecular complexity index is 797. The van der Waals surface area contributed by atoms with Gasteiger partial charge in [0.25, 0.3) is 0 Å². The van der Waals surface area contributed by atoms with Gasteiger partial charge in [-0.2, -0.15) is 0 Å². The molecule has 0 atom stereocenters. The van der Waals surface area contributed by atoms with Crippen molar-refractivity contribution >= 4 is 11.9 Å². The molecule has 1 heterocycles. The van der Waals surface area contributed by atoms with E-state index in [0.717, 1.165) is 29.8 Å². The topological polar surface area (TPSA) is 45.1 Å². The molecule has 4 nitrogen and oxygen atoms in total. The first-order valence-electron chi connectivity index (χ1n) is 8.81. The van der Waals surface area contributed by atoms with Gasteiger partial charge in [0.1, 0.15) is 5.75 Å². The Morgan fingerprint density at radius 1 is 1.20 bits per heavy atom. The molecule has 0 aromatic heterocycles. The van der Waals surface area contributed by atoms with E-state index in [1.807, 2.05) is 18.2 Å². The van der Waals surface area contributed by atoms with Crippen LogP contribution >= 0.6 is 0 Å². The van der Waals surface area contributed by atoms with Crippen molar-refractivity contribution in [3.8, 4) is 16.9 Å². The second-order valence-electron chi connectivity index (χ2n) is 6.89. The lowest BCUT2D eigenvalue weighted by Gasteiger charge is -2.35. The van der Waals surface area contributed by atoms with Crippen LogP contribution in [0.2, 0.25) is 0 Å². The third-order valence-corrected chi connectivity index (χ3v) is 4.92. The summed E-state index contributed by atoms with van der Waals surface area (Å²) >= 11 is 0. The van der Waals surface area contributed by atoms with Crippen molar-refractivity contribution in [1.82, 2.24) is 0 Å². The number of rotatable bonds is 4. The lowest BCUT2D eigenvalue weighted by molar-refractivity contribution is 0.322. The molecule has 132 valence electrons. The average Bonchev–Trinajstić information content (AvgIpc) is 2.60. The lowest BCUT2D eigenvalue weighted by atomic mass is 9.91. The number of oxime groups is 1. The summed E-state index contributed by atoms with van der Waals surface area (Å²) < 4.78 is 5.57. The van der Waals surface area contributed by atoms with E-state index in [2.05, 4.69) is 43.0 Å². The molecule has 2 aromatic rings. The summed E-state index contributed by atoms with van der Waals surface area (Å²) in [6.45, 7) is 7.77. The molecular weight excluding hydrogens is 312 g/mol. The highest BCUT2D eigenvalue weighted by molar-refractivity contribution is 5.85. The Morgan fingerprint density at radius 2 is 2.00 bits per heavy atom. The molecule has 0 amide bonds. The highest BCUT2D eigenvalue weighted by Crippen LogP contribution is 2.38. The molecule has 2 aromatic carbocycles. The van der Waals surface area contributed by atoms with Crippen molar-refractivity contribution < 1.29 is 9.94 Å². The summed E-state index contributed by atoms with van der Waals surface area (Å²) in [5.41, 5.74) is 7.02. The van der Waals surface area contributed by atoms with E-state index in [1.165, 1.54) is 35.0 Å². The molecular formula is C21H26N2O2. The van der Waals surface area contributed by atoms with Crippen LogP contribution in [0.5, 0.6) is 5.75 Å². The first-order chi connectivity index (χ1) is 12.0. The molecule has 1 aliphatic rings. The van der Waals surface area contributed by atoms with Gasteiger partial charge in [-0.1, -0.05) is 5.16 Å². The number of ether oxygens (including phenoxy) is 1. The average molecular weight is 338 g/mol. The molecule has 0 radical (unpaired) electrons. The quantitative estimate of drug-likeness (QED) is 0.502. The molecule has 0 bridgehead atoms. The van der Waals surface area contributed by atoms with E-state index in [0.29, 0.717) is 6.04 Å². The molecule has 3 rings (SSSR count). The highest BCUT2D eigenvalue weighted by atomic mass is 16.5. The Hall–Kier alpha value is -2.49. The van der Waals surface area contributed by atoms with E-state index in [4.69, 9.17) is 9.94 Å². The molecule has 0 saturated heterocycles. The van der Waals surface area contributed by atoms with Gasteiger partial charge in [-0.05, 0) is 86.2 Å². The second kappa shape index (κ2) is 7.18. The molecule has 1 N–H and O–H groups in total. The van der Waals surface area contributed by atoms with E-state index < -0.39 is 0 Å². The van der Waals surface area contributed by atoms with E-state index in [9.17, 15) is 0 Å². The third-order valence-electron chi connectivity index (χ3n) is 4.92. The maximum Gasteiger partial charge on any atom is 0.126 e. The first-order valence-corrected chi connectivity index (χ1v) is 8.81. The fourth-order valence-electron chi connectivity index (χ4n) is 3.68. The summed E-state index contributed by atoms with van der Waals surface area (Å²) in [5, 5.41) is 12.0. The van der Waals surface area contributed by atoms with Crippen molar-refractivity contribution in [3.05, 3.63) is 47.0 Å². The maximum absolute atomic E-state index is 8.83. The minimum atomic E-state index is 0.503.